The minimum absolute atomic E-state index is 0.0698. The molecular weight excluding hydrogens is 300 g/mol. The van der Waals surface area contributed by atoms with Crippen molar-refractivity contribution in [3.8, 4) is 28.6 Å². The zero-order valence-electron chi connectivity index (χ0n) is 13.0. The molecule has 0 amide bonds. The molecule has 0 radical (unpaired) electrons. The molecule has 116 valence electrons. The Morgan fingerprint density at radius 3 is 1.88 bits per heavy atom. The van der Waals surface area contributed by atoms with Crippen LogP contribution in [0, 0.1) is 16.7 Å². The van der Waals surface area contributed by atoms with Crippen molar-refractivity contribution >= 4 is 5.90 Å². The molecular formula is C19H14N4O. The highest BCUT2D eigenvalue weighted by molar-refractivity contribution is 5.93. The molecule has 0 fully saturated rings. The molecule has 0 saturated heterocycles. The lowest BCUT2D eigenvalue weighted by molar-refractivity contribution is 0.399. The highest BCUT2D eigenvalue weighted by atomic mass is 16.5. The molecule has 0 bridgehead atoms. The smallest absolute Gasteiger partial charge is 0.235 e. The van der Waals surface area contributed by atoms with Gasteiger partial charge in [0.25, 0.3) is 0 Å². The number of methoxy groups -OCH3 is 1. The Morgan fingerprint density at radius 2 is 1.42 bits per heavy atom. The van der Waals surface area contributed by atoms with Crippen LogP contribution in [0.1, 0.15) is 11.4 Å². The third-order valence-electron chi connectivity index (χ3n) is 3.52. The van der Waals surface area contributed by atoms with Gasteiger partial charge in [0, 0.05) is 11.1 Å². The molecule has 1 heterocycles. The molecule has 5 nitrogen and oxygen atoms in total. The average molecular weight is 314 g/mol. The van der Waals surface area contributed by atoms with Crippen LogP contribution in [0.4, 0.5) is 0 Å². The Kier molecular flexibility index (Phi) is 4.30. The molecule has 5 heteroatoms. The van der Waals surface area contributed by atoms with E-state index in [1.54, 1.807) is 0 Å². The van der Waals surface area contributed by atoms with Crippen LogP contribution in [0.2, 0.25) is 0 Å². The summed E-state index contributed by atoms with van der Waals surface area (Å²) < 4.78 is 4.94. The second kappa shape index (κ2) is 6.71. The fourth-order valence-electron chi connectivity index (χ4n) is 2.36. The van der Waals surface area contributed by atoms with Crippen molar-refractivity contribution in [2.75, 3.05) is 7.11 Å². The van der Waals surface area contributed by atoms with Gasteiger partial charge in [-0.3, -0.25) is 5.41 Å². The minimum Gasteiger partial charge on any atom is -0.480 e. The summed E-state index contributed by atoms with van der Waals surface area (Å²) in [6.45, 7) is 0. The summed E-state index contributed by atoms with van der Waals surface area (Å²) in [6, 6.07) is 21.1. The maximum atomic E-state index is 9.39. The summed E-state index contributed by atoms with van der Waals surface area (Å²) in [5.74, 6) is -0.184. The van der Waals surface area contributed by atoms with Crippen molar-refractivity contribution in [2.45, 2.75) is 0 Å². The summed E-state index contributed by atoms with van der Waals surface area (Å²) in [5, 5.41) is 17.3. The van der Waals surface area contributed by atoms with Crippen LogP contribution in [0.25, 0.3) is 22.5 Å². The lowest BCUT2D eigenvalue weighted by Crippen LogP contribution is -2.11. The van der Waals surface area contributed by atoms with Gasteiger partial charge < -0.3 is 4.74 Å². The predicted molar refractivity (Wildman–Crippen MR) is 91.5 cm³/mol. The van der Waals surface area contributed by atoms with Gasteiger partial charge in [0.2, 0.25) is 5.90 Å². The first-order valence-electron chi connectivity index (χ1n) is 7.30. The first-order chi connectivity index (χ1) is 11.7. The van der Waals surface area contributed by atoms with Gasteiger partial charge in [-0.2, -0.15) is 5.26 Å². The van der Waals surface area contributed by atoms with E-state index in [4.69, 9.17) is 10.1 Å². The largest absolute Gasteiger partial charge is 0.480 e. The van der Waals surface area contributed by atoms with E-state index in [-0.39, 0.29) is 17.3 Å². The standard InChI is InChI=1S/C19H14N4O/c1-24-19(21)18-15(12-20)22-16(13-8-4-2-5-9-13)17(23-18)14-10-6-3-7-11-14/h2-11,21H,1H3. The van der Waals surface area contributed by atoms with Crippen LogP contribution in [-0.2, 0) is 4.74 Å². The fraction of sp³-hybridized carbons (Fsp3) is 0.0526. The zero-order chi connectivity index (χ0) is 16.9. The lowest BCUT2D eigenvalue weighted by atomic mass is 10.0. The maximum Gasteiger partial charge on any atom is 0.235 e. The second-order valence-electron chi connectivity index (χ2n) is 5.00. The van der Waals surface area contributed by atoms with Crippen LogP contribution >= 0.6 is 0 Å². The molecule has 0 atom stereocenters. The van der Waals surface area contributed by atoms with E-state index in [0.29, 0.717) is 11.4 Å². The van der Waals surface area contributed by atoms with Gasteiger partial charge in [-0.05, 0) is 0 Å². The number of hydrogen-bond donors (Lipinski definition) is 1. The van der Waals surface area contributed by atoms with Crippen LogP contribution < -0.4 is 0 Å². The Morgan fingerprint density at radius 1 is 0.917 bits per heavy atom. The fourth-order valence-corrected chi connectivity index (χ4v) is 2.36. The summed E-state index contributed by atoms with van der Waals surface area (Å²) >= 11 is 0. The van der Waals surface area contributed by atoms with Crippen molar-refractivity contribution in [3.63, 3.8) is 0 Å². The van der Waals surface area contributed by atoms with Gasteiger partial charge in [0.05, 0.1) is 18.5 Å². The van der Waals surface area contributed by atoms with Crippen LogP contribution in [0.15, 0.2) is 60.7 Å². The van der Waals surface area contributed by atoms with Gasteiger partial charge in [0.1, 0.15) is 6.07 Å². The summed E-state index contributed by atoms with van der Waals surface area (Å²) in [6.07, 6.45) is 0. The number of ether oxygens (including phenoxy) is 1. The zero-order valence-corrected chi connectivity index (χ0v) is 13.0. The summed E-state index contributed by atoms with van der Waals surface area (Å²) in [7, 11) is 1.37. The van der Waals surface area contributed by atoms with Gasteiger partial charge in [-0.1, -0.05) is 60.7 Å². The number of nitrogens with one attached hydrogen (secondary N) is 1. The van der Waals surface area contributed by atoms with Crippen molar-refractivity contribution < 1.29 is 4.74 Å². The normalized spacial score (nSPS) is 10.0. The molecule has 0 unspecified atom stereocenters. The topological polar surface area (TPSA) is 82.7 Å². The van der Waals surface area contributed by atoms with E-state index in [0.717, 1.165) is 11.1 Å². The van der Waals surface area contributed by atoms with E-state index >= 15 is 0 Å². The molecule has 0 spiro atoms. The molecule has 0 aliphatic carbocycles. The Labute approximate surface area is 139 Å². The van der Waals surface area contributed by atoms with Crippen molar-refractivity contribution in [3.05, 3.63) is 72.1 Å². The van der Waals surface area contributed by atoms with Gasteiger partial charge in [0.15, 0.2) is 11.4 Å². The number of nitriles is 1. The third kappa shape index (κ3) is 2.85. The molecule has 0 aliphatic rings. The quantitative estimate of drug-likeness (QED) is 0.591. The van der Waals surface area contributed by atoms with E-state index in [1.165, 1.54) is 7.11 Å². The Hall–Kier alpha value is -3.52. The minimum atomic E-state index is -0.184. The number of benzene rings is 2. The molecule has 1 N–H and O–H groups in total. The Bertz CT molecular complexity index is 915. The summed E-state index contributed by atoms with van der Waals surface area (Å²) in [4.78, 5) is 8.99. The van der Waals surface area contributed by atoms with E-state index < -0.39 is 0 Å². The van der Waals surface area contributed by atoms with Crippen LogP contribution in [0.5, 0.6) is 0 Å². The Balaban J connectivity index is 2.32. The van der Waals surface area contributed by atoms with E-state index in [2.05, 4.69) is 9.97 Å². The average Bonchev–Trinajstić information content (AvgIpc) is 2.67. The first kappa shape index (κ1) is 15.4. The molecule has 0 saturated carbocycles. The predicted octanol–water partition coefficient (Wildman–Crippen LogP) is 3.65. The molecule has 1 aromatic heterocycles. The van der Waals surface area contributed by atoms with Crippen molar-refractivity contribution in [1.82, 2.24) is 9.97 Å². The second-order valence-corrected chi connectivity index (χ2v) is 5.00. The lowest BCUT2D eigenvalue weighted by Gasteiger charge is -2.12. The van der Waals surface area contributed by atoms with Gasteiger partial charge >= 0.3 is 0 Å². The number of hydrogen-bond acceptors (Lipinski definition) is 5. The third-order valence-corrected chi connectivity index (χ3v) is 3.52. The van der Waals surface area contributed by atoms with Crippen LogP contribution in [0.3, 0.4) is 0 Å². The van der Waals surface area contributed by atoms with E-state index in [9.17, 15) is 5.26 Å². The van der Waals surface area contributed by atoms with E-state index in [1.807, 2.05) is 66.7 Å². The van der Waals surface area contributed by atoms with Crippen molar-refractivity contribution in [1.29, 1.82) is 10.7 Å². The van der Waals surface area contributed by atoms with Gasteiger partial charge in [-0.15, -0.1) is 0 Å². The molecule has 24 heavy (non-hydrogen) atoms. The van der Waals surface area contributed by atoms with Gasteiger partial charge in [-0.25, -0.2) is 9.97 Å². The monoisotopic (exact) mass is 314 g/mol. The highest BCUT2D eigenvalue weighted by Gasteiger charge is 2.19. The highest BCUT2D eigenvalue weighted by Crippen LogP contribution is 2.29. The molecule has 3 rings (SSSR count). The summed E-state index contributed by atoms with van der Waals surface area (Å²) in [5.41, 5.74) is 3.14. The first-order valence-corrected chi connectivity index (χ1v) is 7.30. The number of nitrogens with zero attached hydrogens (tertiary/aromatic N) is 3. The molecule has 3 aromatic rings. The maximum absolute atomic E-state index is 9.39. The number of rotatable bonds is 3. The van der Waals surface area contributed by atoms with Crippen molar-refractivity contribution in [2.24, 2.45) is 0 Å². The SMILES string of the molecule is COC(=N)c1nc(-c2ccccc2)c(-c2ccccc2)nc1C#N. The van der Waals surface area contributed by atoms with Crippen LogP contribution in [-0.4, -0.2) is 23.0 Å². The molecule has 2 aromatic carbocycles. The molecule has 0 aliphatic heterocycles. The number of aromatic nitrogens is 2.